The van der Waals surface area contributed by atoms with Crippen molar-refractivity contribution in [3.05, 3.63) is 29.3 Å². The average molecular weight is 374 g/mol. The van der Waals surface area contributed by atoms with E-state index in [0.717, 1.165) is 0 Å². The summed E-state index contributed by atoms with van der Waals surface area (Å²) in [6, 6.07) is 4.89. The fourth-order valence-electron chi connectivity index (χ4n) is 1.99. The summed E-state index contributed by atoms with van der Waals surface area (Å²) in [6.45, 7) is 6.97. The van der Waals surface area contributed by atoms with E-state index in [1.54, 1.807) is 0 Å². The molecule has 0 amide bonds. The first-order valence-electron chi connectivity index (χ1n) is 7.52. The zero-order chi connectivity index (χ0) is 19.1. The maximum Gasteiger partial charge on any atom is 0.488 e. The van der Waals surface area contributed by atoms with Crippen molar-refractivity contribution >= 4 is 21.4 Å². The highest BCUT2D eigenvalue weighted by Gasteiger charge is 2.37. The maximum absolute atomic E-state index is 12.3. The highest BCUT2D eigenvalue weighted by molar-refractivity contribution is 6.58. The maximum atomic E-state index is 12.3. The highest BCUT2D eigenvalue weighted by atomic mass is 28.3. The summed E-state index contributed by atoms with van der Waals surface area (Å²) in [6.07, 6.45) is -9.99. The minimum absolute atomic E-state index is 0.0914. The summed E-state index contributed by atoms with van der Waals surface area (Å²) < 4.78 is 73.6. The van der Waals surface area contributed by atoms with E-state index in [1.807, 2.05) is 0 Å². The Kier molecular flexibility index (Phi) is 9.08. The van der Waals surface area contributed by atoms with Gasteiger partial charge in [0.05, 0.1) is 11.1 Å². The van der Waals surface area contributed by atoms with Crippen LogP contribution in [-0.4, -0.2) is 26.0 Å². The van der Waals surface area contributed by atoms with Gasteiger partial charge < -0.3 is 10.0 Å². The normalized spacial score (nSPS) is 12.0. The molecule has 0 fully saturated rings. The number of hydrogen-bond acceptors (Lipinski definition) is 2. The van der Waals surface area contributed by atoms with Crippen molar-refractivity contribution in [3.8, 4) is 0 Å². The summed E-state index contributed by atoms with van der Waals surface area (Å²) in [5.41, 5.74) is -4.04. The van der Waals surface area contributed by atoms with Gasteiger partial charge in [0, 0.05) is 8.80 Å². The topological polar surface area (TPSA) is 40.5 Å². The van der Waals surface area contributed by atoms with Crippen LogP contribution in [0.5, 0.6) is 0 Å². The lowest BCUT2D eigenvalue weighted by Gasteiger charge is -2.13. The molecule has 24 heavy (non-hydrogen) atoms. The molecule has 0 saturated carbocycles. The highest BCUT2D eigenvalue weighted by Crippen LogP contribution is 2.34. The molecule has 0 radical (unpaired) electrons. The molecule has 1 aromatic rings. The molecule has 0 aromatic heterocycles. The smallest absolute Gasteiger partial charge is 0.423 e. The van der Waals surface area contributed by atoms with Crippen LogP contribution < -0.4 is 5.46 Å². The number of rotatable bonds is 4. The van der Waals surface area contributed by atoms with Gasteiger partial charge in [0.1, 0.15) is 0 Å². The predicted molar refractivity (Wildman–Crippen MR) is 84.9 cm³/mol. The van der Waals surface area contributed by atoms with Gasteiger partial charge in [0.25, 0.3) is 0 Å². The molecular formula is C14H21BF6O2Si. The van der Waals surface area contributed by atoms with Crippen LogP contribution in [-0.2, 0) is 12.4 Å². The van der Waals surface area contributed by atoms with Crippen LogP contribution in [0.1, 0.15) is 31.9 Å². The Morgan fingerprint density at radius 1 is 0.792 bits per heavy atom. The largest absolute Gasteiger partial charge is 0.488 e. The van der Waals surface area contributed by atoms with E-state index in [2.05, 4.69) is 20.8 Å². The standard InChI is InChI=1S/C8H5BF6O2.C6H16Si/c10-7(11,12)4-1-5(8(13,14)15)3-6(2-4)9(16)17;1-4-7(5-2)6-3/h1-3,16-17H;7H,4-6H2,1-3H3. The van der Waals surface area contributed by atoms with Crippen molar-refractivity contribution in [3.63, 3.8) is 0 Å². The SMILES string of the molecule is CC[SiH](CC)CC.OB(O)c1cc(C(F)(F)F)cc(C(F)(F)F)c1. The average Bonchev–Trinajstić information content (AvgIpc) is 2.47. The van der Waals surface area contributed by atoms with Gasteiger partial charge in [-0.1, -0.05) is 51.0 Å². The Morgan fingerprint density at radius 3 is 1.29 bits per heavy atom. The number of halogens is 6. The zero-order valence-electron chi connectivity index (χ0n) is 13.7. The van der Waals surface area contributed by atoms with Crippen LogP contribution in [0.4, 0.5) is 26.3 Å². The first-order chi connectivity index (χ1) is 10.9. The van der Waals surface area contributed by atoms with E-state index in [9.17, 15) is 26.3 Å². The lowest BCUT2D eigenvalue weighted by Crippen LogP contribution is -2.32. The van der Waals surface area contributed by atoms with Gasteiger partial charge in [-0.15, -0.1) is 0 Å². The third-order valence-corrected chi connectivity index (χ3v) is 7.10. The molecule has 0 saturated heterocycles. The molecule has 138 valence electrons. The van der Waals surface area contributed by atoms with E-state index in [1.165, 1.54) is 18.1 Å². The van der Waals surface area contributed by atoms with E-state index in [4.69, 9.17) is 10.0 Å². The predicted octanol–water partition coefficient (Wildman–Crippen LogP) is 3.68. The molecule has 1 aromatic carbocycles. The number of hydrogen-bond donors (Lipinski definition) is 2. The van der Waals surface area contributed by atoms with Crippen LogP contribution >= 0.6 is 0 Å². The summed E-state index contributed by atoms with van der Waals surface area (Å²) in [7, 11) is -2.58. The van der Waals surface area contributed by atoms with Gasteiger partial charge in [-0.2, -0.15) is 26.3 Å². The first-order valence-corrected chi connectivity index (χ1v) is 9.97. The summed E-state index contributed by atoms with van der Waals surface area (Å²) >= 11 is 0. The molecule has 0 atom stereocenters. The number of benzene rings is 1. The second kappa shape index (κ2) is 9.48. The Labute approximate surface area is 139 Å². The molecule has 2 nitrogen and oxygen atoms in total. The molecule has 2 N–H and O–H groups in total. The van der Waals surface area contributed by atoms with E-state index in [-0.39, 0.29) is 27.0 Å². The second-order valence-corrected chi connectivity index (χ2v) is 9.49. The summed E-state index contributed by atoms with van der Waals surface area (Å²) in [5, 5.41) is 17.2. The molecule has 0 bridgehead atoms. The van der Waals surface area contributed by atoms with Crippen LogP contribution in [0, 0.1) is 0 Å². The minimum atomic E-state index is -5.00. The molecule has 0 aliphatic rings. The molecule has 0 unspecified atom stereocenters. The van der Waals surface area contributed by atoms with E-state index >= 15 is 0 Å². The van der Waals surface area contributed by atoms with E-state index in [0.29, 0.717) is 0 Å². The van der Waals surface area contributed by atoms with Gasteiger partial charge in [-0.25, -0.2) is 0 Å². The van der Waals surface area contributed by atoms with Crippen molar-refractivity contribution in [1.82, 2.24) is 0 Å². The fourth-order valence-corrected chi connectivity index (χ4v) is 3.73. The van der Waals surface area contributed by atoms with E-state index < -0.39 is 36.1 Å². The monoisotopic (exact) mass is 374 g/mol. The minimum Gasteiger partial charge on any atom is -0.423 e. The Bertz CT molecular complexity index is 463. The van der Waals surface area contributed by atoms with Crippen LogP contribution in [0.2, 0.25) is 18.1 Å². The quantitative estimate of drug-likeness (QED) is 0.624. The third-order valence-electron chi connectivity index (χ3n) is 3.64. The van der Waals surface area contributed by atoms with Crippen molar-refractivity contribution in [1.29, 1.82) is 0 Å². The van der Waals surface area contributed by atoms with Gasteiger partial charge in [-0.05, 0) is 11.5 Å². The molecule has 0 aliphatic heterocycles. The Balaban J connectivity index is 0.000000640. The molecule has 0 spiro atoms. The van der Waals surface area contributed by atoms with Crippen LogP contribution in [0.25, 0.3) is 0 Å². The molecular weight excluding hydrogens is 353 g/mol. The fraction of sp³-hybridized carbons (Fsp3) is 0.571. The summed E-state index contributed by atoms with van der Waals surface area (Å²) in [5.74, 6) is 0. The molecule has 10 heteroatoms. The molecule has 0 aliphatic carbocycles. The lowest BCUT2D eigenvalue weighted by atomic mass is 9.78. The molecule has 1 rings (SSSR count). The zero-order valence-corrected chi connectivity index (χ0v) is 14.8. The van der Waals surface area contributed by atoms with Gasteiger partial charge in [0.15, 0.2) is 0 Å². The van der Waals surface area contributed by atoms with Gasteiger partial charge >= 0.3 is 19.5 Å². The van der Waals surface area contributed by atoms with Crippen LogP contribution in [0.3, 0.4) is 0 Å². The van der Waals surface area contributed by atoms with Crippen molar-refractivity contribution in [2.45, 2.75) is 51.3 Å². The van der Waals surface area contributed by atoms with Gasteiger partial charge in [-0.3, -0.25) is 0 Å². The number of alkyl halides is 6. The third kappa shape index (κ3) is 7.71. The van der Waals surface area contributed by atoms with Gasteiger partial charge in [0.2, 0.25) is 0 Å². The van der Waals surface area contributed by atoms with Crippen LogP contribution in [0.15, 0.2) is 18.2 Å². The summed E-state index contributed by atoms with van der Waals surface area (Å²) in [4.78, 5) is 0. The Morgan fingerprint density at radius 2 is 1.12 bits per heavy atom. The van der Waals surface area contributed by atoms with Crippen molar-refractivity contribution in [2.24, 2.45) is 0 Å². The second-order valence-electron chi connectivity index (χ2n) is 5.30. The molecule has 0 heterocycles. The first kappa shape index (κ1) is 23.0. The van der Waals surface area contributed by atoms with Crippen molar-refractivity contribution < 1.29 is 36.4 Å². The lowest BCUT2D eigenvalue weighted by molar-refractivity contribution is -0.142. The Hall–Kier alpha value is -0.998. The van der Waals surface area contributed by atoms with Crippen molar-refractivity contribution in [2.75, 3.05) is 0 Å².